The number of ether oxygens (including phenoxy) is 2. The molecule has 0 bridgehead atoms. The van der Waals surface area contributed by atoms with Crippen molar-refractivity contribution in [2.75, 3.05) is 26.4 Å². The molecule has 0 aliphatic heterocycles. The van der Waals surface area contributed by atoms with Gasteiger partial charge in [0.15, 0.2) is 0 Å². The molecule has 0 aliphatic carbocycles. The first-order chi connectivity index (χ1) is 24.3. The van der Waals surface area contributed by atoms with Gasteiger partial charge in [-0.15, -0.1) is 0 Å². The Labute approximate surface area is 302 Å². The van der Waals surface area contributed by atoms with E-state index in [1.807, 2.05) is 12.2 Å². The molecule has 0 amide bonds. The van der Waals surface area contributed by atoms with Gasteiger partial charge in [0, 0.05) is 12.8 Å². The van der Waals surface area contributed by atoms with Gasteiger partial charge >= 0.3 is 19.8 Å². The number of aliphatic hydroxyl groups excluding tert-OH is 2. The first kappa shape index (κ1) is 47.7. The molecule has 0 saturated carbocycles. The molecule has 0 rings (SSSR count). The zero-order valence-electron chi connectivity index (χ0n) is 30.8. The fourth-order valence-electron chi connectivity index (χ4n) is 4.62. The third-order valence-electron chi connectivity index (χ3n) is 7.49. The van der Waals surface area contributed by atoms with Crippen molar-refractivity contribution >= 4 is 19.8 Å². The van der Waals surface area contributed by atoms with Gasteiger partial charge in [-0.05, 0) is 51.4 Å². The van der Waals surface area contributed by atoms with Gasteiger partial charge in [0.05, 0.1) is 26.4 Å². The molecule has 11 heteroatoms. The maximum atomic E-state index is 12.3. The SMILES string of the molecule is CC/C=C\C/C=C\C/C=C\C/C=C\C/C=C\CCCC(=O)OC(CO)COP(=O)(O)OCC(CO)OC(=O)CCCCCCCCCCCC. The summed E-state index contributed by atoms with van der Waals surface area (Å²) in [6, 6.07) is 0. The average Bonchev–Trinajstić information content (AvgIpc) is 3.10. The van der Waals surface area contributed by atoms with Crippen LogP contribution >= 0.6 is 7.82 Å². The van der Waals surface area contributed by atoms with Crippen LogP contribution in [0.2, 0.25) is 0 Å². The van der Waals surface area contributed by atoms with Crippen LogP contribution in [0, 0.1) is 0 Å². The van der Waals surface area contributed by atoms with E-state index < -0.39 is 58.4 Å². The molecule has 3 unspecified atom stereocenters. The number of aliphatic hydroxyl groups is 2. The molecule has 10 nitrogen and oxygen atoms in total. The molecule has 3 atom stereocenters. The molecule has 0 aliphatic rings. The second-order valence-electron chi connectivity index (χ2n) is 12.2. The second kappa shape index (κ2) is 35.1. The van der Waals surface area contributed by atoms with Crippen molar-refractivity contribution in [3.63, 3.8) is 0 Å². The number of carbonyl (C=O) groups excluding carboxylic acids is 2. The van der Waals surface area contributed by atoms with E-state index in [0.717, 1.165) is 51.4 Å². The lowest BCUT2D eigenvalue weighted by Crippen LogP contribution is -2.28. The summed E-state index contributed by atoms with van der Waals surface area (Å²) >= 11 is 0. The molecule has 50 heavy (non-hydrogen) atoms. The maximum absolute atomic E-state index is 12.3. The summed E-state index contributed by atoms with van der Waals surface area (Å²) in [6.45, 7) is 1.98. The predicted octanol–water partition coefficient (Wildman–Crippen LogP) is 9.16. The van der Waals surface area contributed by atoms with Gasteiger partial charge in [-0.25, -0.2) is 4.57 Å². The number of rotatable bonds is 34. The number of phosphoric acid groups is 1. The van der Waals surface area contributed by atoms with Gasteiger partial charge in [0.25, 0.3) is 0 Å². The molecule has 0 aromatic heterocycles. The van der Waals surface area contributed by atoms with Crippen LogP contribution in [-0.4, -0.2) is 65.7 Å². The van der Waals surface area contributed by atoms with Crippen LogP contribution in [-0.2, 0) is 32.7 Å². The normalized spacial score (nSPS) is 14.7. The fourth-order valence-corrected chi connectivity index (χ4v) is 5.40. The molecule has 288 valence electrons. The Hall–Kier alpha value is -2.33. The van der Waals surface area contributed by atoms with Gasteiger partial charge in [0.2, 0.25) is 0 Å². The zero-order valence-corrected chi connectivity index (χ0v) is 31.7. The average molecular weight is 727 g/mol. The van der Waals surface area contributed by atoms with Crippen molar-refractivity contribution in [1.29, 1.82) is 0 Å². The Kier molecular flexibility index (Phi) is 33.5. The number of unbranched alkanes of at least 4 members (excludes halogenated alkanes) is 10. The van der Waals surface area contributed by atoms with Crippen LogP contribution in [0.25, 0.3) is 0 Å². The topological polar surface area (TPSA) is 149 Å². The van der Waals surface area contributed by atoms with Crippen LogP contribution in [0.15, 0.2) is 60.8 Å². The highest BCUT2D eigenvalue weighted by atomic mass is 31.2. The molecular formula is C39H67O10P. The second-order valence-corrected chi connectivity index (χ2v) is 13.6. The van der Waals surface area contributed by atoms with E-state index in [4.69, 9.17) is 18.5 Å². The van der Waals surface area contributed by atoms with E-state index in [1.165, 1.54) is 38.5 Å². The van der Waals surface area contributed by atoms with E-state index in [-0.39, 0.29) is 12.8 Å². The largest absolute Gasteiger partial charge is 0.472 e. The van der Waals surface area contributed by atoms with Gasteiger partial charge < -0.3 is 24.6 Å². The van der Waals surface area contributed by atoms with Crippen LogP contribution in [0.1, 0.15) is 136 Å². The van der Waals surface area contributed by atoms with Crippen molar-refractivity contribution in [2.24, 2.45) is 0 Å². The van der Waals surface area contributed by atoms with Crippen molar-refractivity contribution in [2.45, 2.75) is 148 Å². The van der Waals surface area contributed by atoms with E-state index in [1.54, 1.807) is 0 Å². The Morgan fingerprint density at radius 2 is 0.940 bits per heavy atom. The van der Waals surface area contributed by atoms with Crippen LogP contribution in [0.4, 0.5) is 0 Å². The summed E-state index contributed by atoms with van der Waals surface area (Å²) in [5.74, 6) is -1.09. The zero-order chi connectivity index (χ0) is 37.0. The molecule has 0 aromatic carbocycles. The molecule has 0 radical (unpaired) electrons. The Morgan fingerprint density at radius 3 is 1.36 bits per heavy atom. The Bertz CT molecular complexity index is 1020. The molecule has 0 heterocycles. The molecule has 0 fully saturated rings. The lowest BCUT2D eigenvalue weighted by Gasteiger charge is -2.20. The molecule has 0 aromatic rings. The summed E-state index contributed by atoms with van der Waals surface area (Å²) in [7, 11) is -4.64. The third kappa shape index (κ3) is 32.9. The quantitative estimate of drug-likeness (QED) is 0.0254. The van der Waals surface area contributed by atoms with Crippen molar-refractivity contribution < 1.29 is 47.8 Å². The number of hydrogen-bond donors (Lipinski definition) is 3. The van der Waals surface area contributed by atoms with Crippen molar-refractivity contribution in [3.05, 3.63) is 60.8 Å². The molecule has 3 N–H and O–H groups in total. The van der Waals surface area contributed by atoms with Crippen molar-refractivity contribution in [1.82, 2.24) is 0 Å². The minimum absolute atomic E-state index is 0.112. The highest BCUT2D eigenvalue weighted by Gasteiger charge is 2.27. The smallest absolute Gasteiger partial charge is 0.457 e. The number of hydrogen-bond acceptors (Lipinski definition) is 9. The summed E-state index contributed by atoms with van der Waals surface area (Å²) in [6.07, 6.45) is 36.4. The number of phosphoric ester groups is 1. The molecular weight excluding hydrogens is 659 g/mol. The van der Waals surface area contributed by atoms with E-state index in [2.05, 4.69) is 62.5 Å². The minimum atomic E-state index is -4.64. The van der Waals surface area contributed by atoms with Gasteiger partial charge in [-0.2, -0.15) is 0 Å². The molecule has 0 spiro atoms. The summed E-state index contributed by atoms with van der Waals surface area (Å²) in [5, 5.41) is 19.0. The van der Waals surface area contributed by atoms with Gasteiger partial charge in [-0.3, -0.25) is 18.6 Å². The van der Waals surface area contributed by atoms with E-state index in [9.17, 15) is 29.3 Å². The summed E-state index contributed by atoms with van der Waals surface area (Å²) in [4.78, 5) is 34.3. The predicted molar refractivity (Wildman–Crippen MR) is 200 cm³/mol. The highest BCUT2D eigenvalue weighted by Crippen LogP contribution is 2.43. The Morgan fingerprint density at radius 1 is 0.560 bits per heavy atom. The van der Waals surface area contributed by atoms with Crippen molar-refractivity contribution in [3.8, 4) is 0 Å². The van der Waals surface area contributed by atoms with Crippen LogP contribution in [0.3, 0.4) is 0 Å². The van der Waals surface area contributed by atoms with Gasteiger partial charge in [-0.1, -0.05) is 132 Å². The minimum Gasteiger partial charge on any atom is -0.457 e. The summed E-state index contributed by atoms with van der Waals surface area (Å²) in [5.41, 5.74) is 0. The molecule has 0 saturated heterocycles. The lowest BCUT2D eigenvalue weighted by molar-refractivity contribution is -0.153. The van der Waals surface area contributed by atoms with Gasteiger partial charge in [0.1, 0.15) is 12.2 Å². The van der Waals surface area contributed by atoms with E-state index in [0.29, 0.717) is 19.3 Å². The Balaban J connectivity index is 4.09. The number of carbonyl (C=O) groups is 2. The van der Waals surface area contributed by atoms with E-state index >= 15 is 0 Å². The van der Waals surface area contributed by atoms with Crippen LogP contribution in [0.5, 0.6) is 0 Å². The number of allylic oxidation sites excluding steroid dienone is 10. The standard InChI is InChI=1S/C39H67O10P/c1-3-5-7-9-11-13-15-16-17-18-19-20-21-23-25-27-29-31-39(43)49-37(33-41)35-47-50(44,45)46-34-36(32-40)48-38(42)30-28-26-24-22-14-12-10-8-6-4-2/h5,7,11,13,16-17,19-20,23,25,36-37,40-41H,3-4,6,8-10,12,14-15,18,21-22,24,26-35H2,1-2H3,(H,44,45)/b7-5-,13-11-,17-16-,20-19-,25-23-. The maximum Gasteiger partial charge on any atom is 0.472 e. The monoisotopic (exact) mass is 726 g/mol. The highest BCUT2D eigenvalue weighted by molar-refractivity contribution is 7.47. The first-order valence-corrected chi connectivity index (χ1v) is 20.2. The fraction of sp³-hybridized carbons (Fsp3) is 0.692. The number of esters is 2. The van der Waals surface area contributed by atoms with Crippen LogP contribution < -0.4 is 0 Å². The third-order valence-corrected chi connectivity index (χ3v) is 8.45. The lowest BCUT2D eigenvalue weighted by atomic mass is 10.1. The first-order valence-electron chi connectivity index (χ1n) is 18.7. The summed E-state index contributed by atoms with van der Waals surface area (Å²) < 4.78 is 32.3.